The fourth-order valence-electron chi connectivity index (χ4n) is 2.31. The van der Waals surface area contributed by atoms with Crippen molar-refractivity contribution in [2.45, 2.75) is 18.8 Å². The second kappa shape index (κ2) is 7.11. The van der Waals surface area contributed by atoms with Gasteiger partial charge in [-0.25, -0.2) is 0 Å². The smallest absolute Gasteiger partial charge is 0.0936 e. The molecule has 1 aliphatic rings. The van der Waals surface area contributed by atoms with Crippen LogP contribution in [0.1, 0.15) is 5.56 Å². The van der Waals surface area contributed by atoms with Gasteiger partial charge < -0.3 is 9.84 Å². The van der Waals surface area contributed by atoms with Crippen LogP contribution in [0.4, 0.5) is 0 Å². The summed E-state index contributed by atoms with van der Waals surface area (Å²) in [6, 6.07) is 10.2. The molecule has 1 saturated heterocycles. The van der Waals surface area contributed by atoms with Crippen molar-refractivity contribution < 1.29 is 9.84 Å². The Kier molecular flexibility index (Phi) is 5.18. The zero-order valence-electron chi connectivity index (χ0n) is 10.7. The van der Waals surface area contributed by atoms with Crippen LogP contribution in [0.5, 0.6) is 0 Å². The minimum atomic E-state index is -0.212. The molecule has 0 saturated carbocycles. The summed E-state index contributed by atoms with van der Waals surface area (Å²) in [7, 11) is 0. The van der Waals surface area contributed by atoms with Crippen molar-refractivity contribution in [1.82, 2.24) is 4.90 Å². The standard InChI is InChI=1S/C13H18N4O2/c14-16-15-6-12-8-17(9-13(10-18)19-12)7-11-4-2-1-3-5-11/h1-5,12-13,18H,6-10H2/t12-,13+/m1/s1. The van der Waals surface area contributed by atoms with Crippen LogP contribution < -0.4 is 0 Å². The minimum absolute atomic E-state index is 0.0158. The molecule has 1 N–H and O–H groups in total. The van der Waals surface area contributed by atoms with Crippen LogP contribution in [0.15, 0.2) is 35.4 Å². The molecule has 0 aliphatic carbocycles. The van der Waals surface area contributed by atoms with Crippen LogP contribution >= 0.6 is 0 Å². The molecule has 19 heavy (non-hydrogen) atoms. The van der Waals surface area contributed by atoms with Crippen LogP contribution in [0.3, 0.4) is 0 Å². The first kappa shape index (κ1) is 13.8. The van der Waals surface area contributed by atoms with E-state index in [0.29, 0.717) is 19.6 Å². The number of ether oxygens (including phenoxy) is 1. The highest BCUT2D eigenvalue weighted by Gasteiger charge is 2.26. The van der Waals surface area contributed by atoms with Crippen molar-refractivity contribution in [2.75, 3.05) is 26.2 Å². The van der Waals surface area contributed by atoms with Gasteiger partial charge in [-0.15, -0.1) is 0 Å². The second-order valence-electron chi connectivity index (χ2n) is 4.66. The highest BCUT2D eigenvalue weighted by molar-refractivity contribution is 5.14. The van der Waals surface area contributed by atoms with Crippen LogP contribution in [0.2, 0.25) is 0 Å². The molecule has 102 valence electrons. The normalized spacial score (nSPS) is 23.8. The van der Waals surface area contributed by atoms with Gasteiger partial charge in [0.25, 0.3) is 0 Å². The quantitative estimate of drug-likeness (QED) is 0.496. The van der Waals surface area contributed by atoms with Crippen LogP contribution in [0.25, 0.3) is 10.4 Å². The van der Waals surface area contributed by atoms with Crippen molar-refractivity contribution in [1.29, 1.82) is 0 Å². The zero-order valence-corrected chi connectivity index (χ0v) is 10.7. The maximum Gasteiger partial charge on any atom is 0.0936 e. The van der Waals surface area contributed by atoms with Crippen molar-refractivity contribution in [3.8, 4) is 0 Å². The van der Waals surface area contributed by atoms with Crippen molar-refractivity contribution in [3.05, 3.63) is 46.3 Å². The number of aliphatic hydroxyl groups excluding tert-OH is 1. The number of nitrogens with zero attached hydrogens (tertiary/aromatic N) is 4. The predicted molar refractivity (Wildman–Crippen MR) is 71.5 cm³/mol. The molecule has 6 heteroatoms. The summed E-state index contributed by atoms with van der Waals surface area (Å²) in [4.78, 5) is 4.97. The lowest BCUT2D eigenvalue weighted by atomic mass is 10.1. The third-order valence-corrected chi connectivity index (χ3v) is 3.11. The average molecular weight is 262 g/mol. The topological polar surface area (TPSA) is 81.5 Å². The molecular weight excluding hydrogens is 244 g/mol. The Morgan fingerprint density at radius 3 is 2.74 bits per heavy atom. The number of hydrogen-bond donors (Lipinski definition) is 1. The molecule has 1 aromatic carbocycles. The molecule has 2 rings (SSSR count). The molecule has 1 aliphatic heterocycles. The molecule has 0 spiro atoms. The Hall–Kier alpha value is -1.59. The van der Waals surface area contributed by atoms with E-state index < -0.39 is 0 Å². The zero-order chi connectivity index (χ0) is 13.5. The maximum absolute atomic E-state index is 9.26. The summed E-state index contributed by atoms with van der Waals surface area (Å²) in [5.41, 5.74) is 9.59. The monoisotopic (exact) mass is 262 g/mol. The molecule has 1 fully saturated rings. The molecule has 0 unspecified atom stereocenters. The van der Waals surface area contributed by atoms with Crippen molar-refractivity contribution in [3.63, 3.8) is 0 Å². The molecule has 0 amide bonds. The Bertz CT molecular complexity index is 434. The van der Waals surface area contributed by atoms with Gasteiger partial charge >= 0.3 is 0 Å². The van der Waals surface area contributed by atoms with E-state index in [9.17, 15) is 5.11 Å². The highest BCUT2D eigenvalue weighted by Crippen LogP contribution is 2.15. The first-order valence-electron chi connectivity index (χ1n) is 6.35. The molecular formula is C13H18N4O2. The summed E-state index contributed by atoms with van der Waals surface area (Å²) >= 11 is 0. The maximum atomic E-state index is 9.26. The van der Waals surface area contributed by atoms with Gasteiger partial charge in [-0.1, -0.05) is 35.4 Å². The van der Waals surface area contributed by atoms with E-state index in [1.165, 1.54) is 5.56 Å². The fourth-order valence-corrected chi connectivity index (χ4v) is 2.31. The summed E-state index contributed by atoms with van der Waals surface area (Å²) in [5, 5.41) is 12.8. The van der Waals surface area contributed by atoms with Gasteiger partial charge in [-0.3, -0.25) is 4.90 Å². The number of hydrogen-bond acceptors (Lipinski definition) is 4. The molecule has 0 aromatic heterocycles. The van der Waals surface area contributed by atoms with Gasteiger partial charge in [-0.2, -0.15) is 0 Å². The summed E-state index contributed by atoms with van der Waals surface area (Å²) in [6.07, 6.45) is -0.359. The Morgan fingerprint density at radius 1 is 1.32 bits per heavy atom. The van der Waals surface area contributed by atoms with E-state index in [1.807, 2.05) is 18.2 Å². The molecule has 1 heterocycles. The van der Waals surface area contributed by atoms with Crippen LogP contribution in [0, 0.1) is 0 Å². The lowest BCUT2D eigenvalue weighted by molar-refractivity contribution is -0.100. The minimum Gasteiger partial charge on any atom is -0.394 e. The predicted octanol–water partition coefficient (Wildman–Crippen LogP) is 1.56. The third kappa shape index (κ3) is 4.22. The fraction of sp³-hybridized carbons (Fsp3) is 0.538. The van der Waals surface area contributed by atoms with Gasteiger partial charge in [-0.05, 0) is 11.1 Å². The van der Waals surface area contributed by atoms with E-state index >= 15 is 0 Å². The summed E-state index contributed by atoms with van der Waals surface area (Å²) in [6.45, 7) is 2.51. The van der Waals surface area contributed by atoms with Crippen molar-refractivity contribution >= 4 is 0 Å². The Balaban J connectivity index is 1.97. The lowest BCUT2D eigenvalue weighted by Gasteiger charge is -2.37. The third-order valence-electron chi connectivity index (χ3n) is 3.11. The van der Waals surface area contributed by atoms with E-state index in [1.54, 1.807) is 0 Å². The van der Waals surface area contributed by atoms with Gasteiger partial charge in [0.15, 0.2) is 0 Å². The largest absolute Gasteiger partial charge is 0.394 e. The number of aliphatic hydroxyl groups is 1. The number of azide groups is 1. The Labute approximate surface area is 112 Å². The molecule has 0 radical (unpaired) electrons. The van der Waals surface area contributed by atoms with E-state index in [0.717, 1.165) is 6.54 Å². The van der Waals surface area contributed by atoms with Gasteiger partial charge in [0, 0.05) is 24.5 Å². The van der Waals surface area contributed by atoms with E-state index in [-0.39, 0.29) is 18.8 Å². The molecule has 0 bridgehead atoms. The first-order valence-corrected chi connectivity index (χ1v) is 6.35. The van der Waals surface area contributed by atoms with E-state index in [2.05, 4.69) is 27.1 Å². The van der Waals surface area contributed by atoms with Gasteiger partial charge in [0.2, 0.25) is 0 Å². The first-order chi connectivity index (χ1) is 9.31. The lowest BCUT2D eigenvalue weighted by Crippen LogP contribution is -2.49. The highest BCUT2D eigenvalue weighted by atomic mass is 16.5. The molecule has 1 aromatic rings. The molecule has 6 nitrogen and oxygen atoms in total. The summed E-state index contributed by atoms with van der Waals surface area (Å²) in [5.74, 6) is 0. The van der Waals surface area contributed by atoms with E-state index in [4.69, 9.17) is 10.3 Å². The number of benzene rings is 1. The second-order valence-corrected chi connectivity index (χ2v) is 4.66. The van der Waals surface area contributed by atoms with Crippen molar-refractivity contribution in [2.24, 2.45) is 5.11 Å². The Morgan fingerprint density at radius 2 is 2.05 bits per heavy atom. The van der Waals surface area contributed by atoms with Gasteiger partial charge in [0.05, 0.1) is 25.4 Å². The summed E-state index contributed by atoms with van der Waals surface area (Å²) < 4.78 is 5.65. The van der Waals surface area contributed by atoms with Crippen LogP contribution in [-0.4, -0.2) is 48.5 Å². The average Bonchev–Trinajstić information content (AvgIpc) is 2.46. The number of morpholine rings is 1. The SMILES string of the molecule is [N-]=[N+]=NC[C@@H]1CN(Cc2ccccc2)C[C@@H](CO)O1. The number of rotatable bonds is 5. The van der Waals surface area contributed by atoms with Crippen LogP contribution in [-0.2, 0) is 11.3 Å². The van der Waals surface area contributed by atoms with Gasteiger partial charge in [0.1, 0.15) is 0 Å². The molecule has 2 atom stereocenters.